The van der Waals surface area contributed by atoms with Crippen LogP contribution in [0.15, 0.2) is 18.3 Å². The van der Waals surface area contributed by atoms with Gasteiger partial charge in [-0.05, 0) is 12.1 Å². The molecule has 0 aromatic carbocycles. The van der Waals surface area contributed by atoms with Gasteiger partial charge in [0.2, 0.25) is 0 Å². The number of amides is 1. The number of nitrogens with zero attached hydrogens (tertiary/aromatic N) is 2. The van der Waals surface area contributed by atoms with Crippen molar-refractivity contribution in [2.24, 2.45) is 5.73 Å². The fourth-order valence-corrected chi connectivity index (χ4v) is 1.82. The van der Waals surface area contributed by atoms with E-state index in [2.05, 4.69) is 4.98 Å². The van der Waals surface area contributed by atoms with Gasteiger partial charge in [0.05, 0.1) is 17.7 Å². The van der Waals surface area contributed by atoms with E-state index in [1.165, 1.54) is 6.20 Å². The Kier molecular flexibility index (Phi) is 3.93. The highest BCUT2D eigenvalue weighted by molar-refractivity contribution is 6.30. The molecule has 2 N–H and O–H groups in total. The maximum Gasteiger partial charge on any atom is 0.272 e. The molecule has 1 saturated heterocycles. The molecular formula is C11H14ClN3O2. The first-order chi connectivity index (χ1) is 8.20. The summed E-state index contributed by atoms with van der Waals surface area (Å²) in [6, 6.07) is 3.28. The summed E-state index contributed by atoms with van der Waals surface area (Å²) in [5, 5.41) is 0.517. The van der Waals surface area contributed by atoms with Crippen LogP contribution in [0, 0.1) is 0 Å². The topological polar surface area (TPSA) is 68.5 Å². The molecule has 0 aliphatic carbocycles. The van der Waals surface area contributed by atoms with Crippen molar-refractivity contribution < 1.29 is 9.53 Å². The average molecular weight is 256 g/mol. The average Bonchev–Trinajstić information content (AvgIpc) is 2.39. The van der Waals surface area contributed by atoms with Crippen molar-refractivity contribution in [3.8, 4) is 0 Å². The van der Waals surface area contributed by atoms with Gasteiger partial charge in [0.15, 0.2) is 0 Å². The highest BCUT2D eigenvalue weighted by Gasteiger charge is 2.24. The van der Waals surface area contributed by atoms with Crippen LogP contribution in [-0.4, -0.2) is 48.1 Å². The van der Waals surface area contributed by atoms with Gasteiger partial charge in [-0.1, -0.05) is 11.6 Å². The highest BCUT2D eigenvalue weighted by Crippen LogP contribution is 2.11. The Morgan fingerprint density at radius 3 is 3.12 bits per heavy atom. The highest BCUT2D eigenvalue weighted by atomic mass is 35.5. The molecule has 1 amide bonds. The van der Waals surface area contributed by atoms with Gasteiger partial charge in [-0.2, -0.15) is 0 Å². The Morgan fingerprint density at radius 1 is 1.65 bits per heavy atom. The van der Waals surface area contributed by atoms with E-state index in [1.54, 1.807) is 17.0 Å². The summed E-state index contributed by atoms with van der Waals surface area (Å²) >= 11 is 5.72. The summed E-state index contributed by atoms with van der Waals surface area (Å²) in [7, 11) is 0. The molecule has 1 aromatic rings. The minimum atomic E-state index is -0.108. The number of aromatic nitrogens is 1. The monoisotopic (exact) mass is 255 g/mol. The third-order valence-corrected chi connectivity index (χ3v) is 2.86. The van der Waals surface area contributed by atoms with Crippen LogP contribution in [-0.2, 0) is 4.74 Å². The Labute approximate surface area is 105 Å². The number of morpholine rings is 1. The molecule has 1 aromatic heterocycles. The Hall–Kier alpha value is -1.17. The van der Waals surface area contributed by atoms with Crippen molar-refractivity contribution in [2.45, 2.75) is 6.10 Å². The van der Waals surface area contributed by atoms with Crippen LogP contribution in [0.4, 0.5) is 0 Å². The molecule has 0 spiro atoms. The lowest BCUT2D eigenvalue weighted by molar-refractivity contribution is -0.0169. The van der Waals surface area contributed by atoms with Gasteiger partial charge >= 0.3 is 0 Å². The first kappa shape index (κ1) is 12.3. The van der Waals surface area contributed by atoms with E-state index in [-0.39, 0.29) is 12.0 Å². The molecule has 1 fully saturated rings. The maximum atomic E-state index is 12.1. The van der Waals surface area contributed by atoms with Crippen LogP contribution >= 0.6 is 11.6 Å². The Balaban J connectivity index is 2.06. The molecule has 0 radical (unpaired) electrons. The van der Waals surface area contributed by atoms with E-state index in [0.29, 0.717) is 37.0 Å². The van der Waals surface area contributed by atoms with Crippen LogP contribution in [0.2, 0.25) is 5.02 Å². The quantitative estimate of drug-likeness (QED) is 0.837. The molecule has 0 saturated carbocycles. The van der Waals surface area contributed by atoms with Crippen molar-refractivity contribution in [3.63, 3.8) is 0 Å². The number of hydrogen-bond donors (Lipinski definition) is 1. The number of hydrogen-bond acceptors (Lipinski definition) is 4. The van der Waals surface area contributed by atoms with Gasteiger partial charge in [0.1, 0.15) is 5.69 Å². The molecule has 92 valence electrons. The predicted octanol–water partition coefficient (Wildman–Crippen LogP) is 0.535. The van der Waals surface area contributed by atoms with Gasteiger partial charge in [-0.25, -0.2) is 4.98 Å². The largest absolute Gasteiger partial charge is 0.373 e. The van der Waals surface area contributed by atoms with Gasteiger partial charge in [-0.15, -0.1) is 0 Å². The predicted molar refractivity (Wildman–Crippen MR) is 63.9 cm³/mol. The zero-order chi connectivity index (χ0) is 12.3. The third-order valence-electron chi connectivity index (χ3n) is 2.64. The molecule has 1 atom stereocenters. The lowest BCUT2D eigenvalue weighted by Gasteiger charge is -2.32. The first-order valence-electron chi connectivity index (χ1n) is 5.43. The van der Waals surface area contributed by atoms with E-state index in [9.17, 15) is 4.79 Å². The van der Waals surface area contributed by atoms with Crippen molar-refractivity contribution in [2.75, 3.05) is 26.2 Å². The van der Waals surface area contributed by atoms with Crippen molar-refractivity contribution >= 4 is 17.5 Å². The number of carbonyl (C=O) groups is 1. The fourth-order valence-electron chi connectivity index (χ4n) is 1.71. The number of ether oxygens (including phenoxy) is 1. The molecule has 1 unspecified atom stereocenters. The molecule has 5 nitrogen and oxygen atoms in total. The summed E-state index contributed by atoms with van der Waals surface area (Å²) < 4.78 is 5.40. The number of pyridine rings is 1. The first-order valence-corrected chi connectivity index (χ1v) is 5.81. The number of halogens is 1. The fraction of sp³-hybridized carbons (Fsp3) is 0.455. The SMILES string of the molecule is NCC1CN(C(=O)c2ccc(Cl)cn2)CCO1. The number of nitrogens with two attached hydrogens (primary N) is 1. The van der Waals surface area contributed by atoms with Crippen LogP contribution in [0.25, 0.3) is 0 Å². The zero-order valence-corrected chi connectivity index (χ0v) is 10.1. The van der Waals surface area contributed by atoms with Crippen LogP contribution in [0.1, 0.15) is 10.5 Å². The van der Waals surface area contributed by atoms with Crippen LogP contribution in [0.5, 0.6) is 0 Å². The van der Waals surface area contributed by atoms with E-state index in [0.717, 1.165) is 0 Å². The molecule has 17 heavy (non-hydrogen) atoms. The lowest BCUT2D eigenvalue weighted by atomic mass is 10.2. The molecule has 2 rings (SSSR count). The van der Waals surface area contributed by atoms with E-state index in [4.69, 9.17) is 22.1 Å². The summed E-state index contributed by atoms with van der Waals surface area (Å²) in [6.07, 6.45) is 1.38. The second-order valence-electron chi connectivity index (χ2n) is 3.84. The minimum Gasteiger partial charge on any atom is -0.373 e. The van der Waals surface area contributed by atoms with Gasteiger partial charge < -0.3 is 15.4 Å². The zero-order valence-electron chi connectivity index (χ0n) is 9.30. The third kappa shape index (κ3) is 2.94. The Bertz CT molecular complexity index is 396. The lowest BCUT2D eigenvalue weighted by Crippen LogP contribution is -2.48. The normalized spacial score (nSPS) is 20.4. The van der Waals surface area contributed by atoms with E-state index >= 15 is 0 Å². The molecular weight excluding hydrogens is 242 g/mol. The molecule has 6 heteroatoms. The van der Waals surface area contributed by atoms with Gasteiger partial charge in [0.25, 0.3) is 5.91 Å². The molecule has 1 aliphatic heterocycles. The van der Waals surface area contributed by atoms with Crippen molar-refractivity contribution in [1.29, 1.82) is 0 Å². The van der Waals surface area contributed by atoms with Crippen molar-refractivity contribution in [3.05, 3.63) is 29.0 Å². The summed E-state index contributed by atoms with van der Waals surface area (Å²) in [4.78, 5) is 17.8. The molecule has 2 heterocycles. The summed E-state index contributed by atoms with van der Waals surface area (Å²) in [6.45, 7) is 2.01. The number of carbonyl (C=O) groups excluding carboxylic acids is 1. The van der Waals surface area contributed by atoms with Gasteiger partial charge in [-0.3, -0.25) is 4.79 Å². The summed E-state index contributed by atoms with van der Waals surface area (Å²) in [5.74, 6) is -0.108. The maximum absolute atomic E-state index is 12.1. The number of rotatable bonds is 2. The Morgan fingerprint density at radius 2 is 2.47 bits per heavy atom. The van der Waals surface area contributed by atoms with E-state index < -0.39 is 0 Å². The standard InChI is InChI=1S/C11H14ClN3O2/c12-8-1-2-10(14-6-8)11(16)15-3-4-17-9(5-13)7-15/h1-2,6,9H,3-5,7,13H2. The summed E-state index contributed by atoms with van der Waals surface area (Å²) in [5.41, 5.74) is 5.92. The van der Waals surface area contributed by atoms with Gasteiger partial charge in [0, 0.05) is 25.8 Å². The second kappa shape index (κ2) is 5.44. The molecule has 0 bridgehead atoms. The minimum absolute atomic E-state index is 0.0833. The smallest absolute Gasteiger partial charge is 0.272 e. The van der Waals surface area contributed by atoms with Crippen LogP contribution in [0.3, 0.4) is 0 Å². The molecule has 1 aliphatic rings. The van der Waals surface area contributed by atoms with Crippen LogP contribution < -0.4 is 5.73 Å². The second-order valence-corrected chi connectivity index (χ2v) is 4.28. The van der Waals surface area contributed by atoms with E-state index in [1.807, 2.05) is 0 Å². The van der Waals surface area contributed by atoms with Crippen molar-refractivity contribution in [1.82, 2.24) is 9.88 Å².